The van der Waals surface area contributed by atoms with Gasteiger partial charge in [-0.3, -0.25) is 14.4 Å². The fourth-order valence-electron chi connectivity index (χ4n) is 4.22. The van der Waals surface area contributed by atoms with Crippen molar-refractivity contribution in [2.45, 2.75) is 31.5 Å². The van der Waals surface area contributed by atoms with Crippen LogP contribution >= 0.6 is 35.2 Å². The van der Waals surface area contributed by atoms with E-state index < -0.39 is 23.9 Å². The standard InChI is InChI=1S/C23H28ClN7O4S2/c1-30-7-5-15-17(11-30)37-23(28-15)22(34)27-16-10-31(19(36)12-35-2)8-6-14(16)26-20(32)21(33)29-18-4-3-13(24)9-25-18/h3-4,9,14,16H,5-8,10-12H2,1-2H3,(H,26,32)(H,27,34)(H,25,29,33)/t14-,16+/m0/s1. The van der Waals surface area contributed by atoms with Crippen molar-refractivity contribution in [3.05, 3.63) is 38.9 Å². The molecule has 0 aliphatic carbocycles. The lowest BCUT2D eigenvalue weighted by Crippen LogP contribution is -2.62. The average Bonchev–Trinajstić information content (AvgIpc) is 3.30. The van der Waals surface area contributed by atoms with Gasteiger partial charge in [-0.2, -0.15) is 0 Å². The maximum atomic E-state index is 13.2. The zero-order valence-electron chi connectivity index (χ0n) is 20.5. The van der Waals surface area contributed by atoms with Crippen LogP contribution in [0.2, 0.25) is 5.02 Å². The zero-order valence-corrected chi connectivity index (χ0v) is 22.8. The van der Waals surface area contributed by atoms with E-state index in [1.807, 2.05) is 11.9 Å². The first-order valence-electron chi connectivity index (χ1n) is 11.7. The summed E-state index contributed by atoms with van der Waals surface area (Å²) < 4.78 is 5.17. The minimum Gasteiger partial charge on any atom is -0.378 e. The molecule has 4 heterocycles. The zero-order chi connectivity index (χ0) is 26.5. The molecule has 2 aromatic heterocycles. The van der Waals surface area contributed by atoms with Crippen molar-refractivity contribution in [1.29, 1.82) is 0 Å². The third-order valence-corrected chi connectivity index (χ3v) is 7.84. The average molecular weight is 566 g/mol. The van der Waals surface area contributed by atoms with Gasteiger partial charge in [-0.05, 0) is 25.6 Å². The third kappa shape index (κ3) is 6.99. The molecule has 2 atom stereocenters. The third-order valence-electron chi connectivity index (χ3n) is 6.16. The Balaban J connectivity index is 1.44. The van der Waals surface area contributed by atoms with E-state index in [1.165, 1.54) is 23.6 Å². The van der Waals surface area contributed by atoms with Gasteiger partial charge in [0.05, 0.1) is 29.4 Å². The molecular weight excluding hydrogens is 538 g/mol. The summed E-state index contributed by atoms with van der Waals surface area (Å²) in [5.41, 5.74) is 0.956. The molecule has 1 saturated heterocycles. The highest BCUT2D eigenvalue weighted by molar-refractivity contribution is 7.80. The summed E-state index contributed by atoms with van der Waals surface area (Å²) in [5, 5.41) is 9.01. The smallest absolute Gasteiger partial charge is 0.314 e. The summed E-state index contributed by atoms with van der Waals surface area (Å²) in [6, 6.07) is 2.05. The summed E-state index contributed by atoms with van der Waals surface area (Å²) in [7, 11) is 3.60. The molecule has 0 saturated carbocycles. The van der Waals surface area contributed by atoms with Crippen molar-refractivity contribution in [3.8, 4) is 0 Å². The Morgan fingerprint density at radius 1 is 1.22 bits per heavy atom. The summed E-state index contributed by atoms with van der Waals surface area (Å²) in [6.07, 6.45) is 2.63. The number of thiocarbonyl (C=S) groups is 1. The van der Waals surface area contributed by atoms with E-state index in [9.17, 15) is 14.4 Å². The molecule has 2 aromatic rings. The van der Waals surface area contributed by atoms with Gasteiger partial charge in [-0.25, -0.2) is 9.97 Å². The Bertz CT molecular complexity index is 1180. The molecule has 11 nitrogen and oxygen atoms in total. The Morgan fingerprint density at radius 3 is 2.76 bits per heavy atom. The van der Waals surface area contributed by atoms with E-state index in [0.717, 1.165) is 30.1 Å². The highest BCUT2D eigenvalue weighted by Crippen LogP contribution is 2.25. The van der Waals surface area contributed by atoms with Gasteiger partial charge >= 0.3 is 11.8 Å². The van der Waals surface area contributed by atoms with Crippen LogP contribution in [0, 0.1) is 0 Å². The van der Waals surface area contributed by atoms with Gasteiger partial charge in [0.1, 0.15) is 10.8 Å². The lowest BCUT2D eigenvalue weighted by atomic mass is 9.98. The molecule has 3 N–H and O–H groups in total. The van der Waals surface area contributed by atoms with Gasteiger partial charge in [0, 0.05) is 50.8 Å². The van der Waals surface area contributed by atoms with Gasteiger partial charge in [-0.1, -0.05) is 23.8 Å². The van der Waals surface area contributed by atoms with Crippen LogP contribution in [0.5, 0.6) is 0 Å². The van der Waals surface area contributed by atoms with E-state index in [2.05, 4.69) is 30.8 Å². The van der Waals surface area contributed by atoms with Crippen molar-refractivity contribution in [2.75, 3.05) is 45.7 Å². The molecule has 37 heavy (non-hydrogen) atoms. The van der Waals surface area contributed by atoms with Crippen LogP contribution in [-0.4, -0.2) is 95.0 Å². The number of likely N-dealkylation sites (tertiary alicyclic amines) is 1. The number of anilines is 1. The molecule has 0 unspecified atom stereocenters. The fraction of sp³-hybridized carbons (Fsp3) is 0.478. The summed E-state index contributed by atoms with van der Waals surface area (Å²) in [4.78, 5) is 52.7. The minimum absolute atomic E-state index is 0.201. The lowest BCUT2D eigenvalue weighted by molar-refractivity contribution is -0.136. The summed E-state index contributed by atoms with van der Waals surface area (Å²) in [6.45, 7) is 2.83. The number of fused-ring (bicyclic) bond motifs is 1. The normalized spacial score (nSPS) is 19.6. The van der Waals surface area contributed by atoms with Gasteiger partial charge in [0.25, 0.3) is 5.91 Å². The number of pyridine rings is 1. The Kier molecular flexibility index (Phi) is 9.03. The molecule has 0 radical (unpaired) electrons. The highest BCUT2D eigenvalue weighted by atomic mass is 35.5. The maximum Gasteiger partial charge on any atom is 0.314 e. The van der Waals surface area contributed by atoms with E-state index in [-0.39, 0.29) is 18.3 Å². The molecule has 3 amide bonds. The van der Waals surface area contributed by atoms with E-state index in [1.54, 1.807) is 13.2 Å². The predicted molar refractivity (Wildman–Crippen MR) is 144 cm³/mol. The molecular formula is C23H28ClN7O4S2. The van der Waals surface area contributed by atoms with Crippen LogP contribution in [0.25, 0.3) is 0 Å². The number of hydrogen-bond donors (Lipinski definition) is 3. The number of aromatic nitrogens is 2. The highest BCUT2D eigenvalue weighted by Gasteiger charge is 2.34. The molecule has 2 aliphatic heterocycles. The second-order valence-corrected chi connectivity index (χ2v) is 10.9. The summed E-state index contributed by atoms with van der Waals surface area (Å²) in [5.74, 6) is -1.82. The number of nitrogens with one attached hydrogen (secondary N) is 3. The number of nitrogens with zero attached hydrogens (tertiary/aromatic N) is 4. The topological polar surface area (TPSA) is 129 Å². The summed E-state index contributed by atoms with van der Waals surface area (Å²) >= 11 is 12.7. The van der Waals surface area contributed by atoms with E-state index >= 15 is 0 Å². The number of thiazole rings is 1. The first kappa shape index (κ1) is 27.3. The van der Waals surface area contributed by atoms with Crippen molar-refractivity contribution in [1.82, 2.24) is 30.4 Å². The number of likely N-dealkylation sites (N-methyl/N-ethyl adjacent to an activating group) is 1. The fourth-order valence-corrected chi connectivity index (χ4v) is 5.71. The van der Waals surface area contributed by atoms with Crippen LogP contribution in [-0.2, 0) is 27.3 Å². The molecule has 4 rings (SSSR count). The van der Waals surface area contributed by atoms with Gasteiger partial charge in [0.15, 0.2) is 5.01 Å². The first-order valence-corrected chi connectivity index (χ1v) is 13.3. The van der Waals surface area contributed by atoms with Gasteiger partial charge in [0.2, 0.25) is 0 Å². The SMILES string of the molecule is COCC(=S)N1CC[C@H](NC(=O)C(=O)Nc2ccc(Cl)cn2)[C@H](NC(=O)c2nc3c(s2)CN(C)CC3)C1. The maximum absolute atomic E-state index is 13.2. The number of carbonyl (C=O) groups excluding carboxylic acids is 3. The number of amides is 3. The molecule has 0 spiro atoms. The van der Waals surface area contributed by atoms with Crippen molar-refractivity contribution in [2.24, 2.45) is 0 Å². The number of methoxy groups -OCH3 is 1. The molecule has 1 fully saturated rings. The predicted octanol–water partition coefficient (Wildman–Crippen LogP) is 1.08. The Hall–Kier alpha value is -2.71. The Labute approximate surface area is 228 Å². The number of rotatable bonds is 6. The van der Waals surface area contributed by atoms with Crippen LogP contribution in [0.1, 0.15) is 26.8 Å². The monoisotopic (exact) mass is 565 g/mol. The molecule has 2 aliphatic rings. The molecule has 14 heteroatoms. The second kappa shape index (κ2) is 12.2. The number of hydrogen-bond acceptors (Lipinski definition) is 9. The molecule has 198 valence electrons. The first-order chi connectivity index (χ1) is 17.7. The van der Waals surface area contributed by atoms with Crippen LogP contribution < -0.4 is 16.0 Å². The number of halogens is 1. The van der Waals surface area contributed by atoms with Crippen LogP contribution in [0.3, 0.4) is 0 Å². The second-order valence-electron chi connectivity index (χ2n) is 8.91. The van der Waals surface area contributed by atoms with Gasteiger partial charge in [-0.15, -0.1) is 11.3 Å². The van der Waals surface area contributed by atoms with E-state index in [4.69, 9.17) is 28.6 Å². The molecule has 0 aromatic carbocycles. The number of piperidine rings is 1. The van der Waals surface area contributed by atoms with Crippen molar-refractivity contribution < 1.29 is 19.1 Å². The van der Waals surface area contributed by atoms with Crippen molar-refractivity contribution in [3.63, 3.8) is 0 Å². The minimum atomic E-state index is -0.867. The van der Waals surface area contributed by atoms with E-state index in [0.29, 0.717) is 34.5 Å². The number of carbonyl (C=O) groups is 3. The quantitative estimate of drug-likeness (QED) is 0.348. The Morgan fingerprint density at radius 2 is 2.03 bits per heavy atom. The number of ether oxygens (including phenoxy) is 1. The molecule has 0 bridgehead atoms. The van der Waals surface area contributed by atoms with Gasteiger partial charge < -0.3 is 30.5 Å². The van der Waals surface area contributed by atoms with Crippen molar-refractivity contribution >= 4 is 63.7 Å². The largest absolute Gasteiger partial charge is 0.378 e. The lowest BCUT2D eigenvalue weighted by Gasteiger charge is -2.40. The van der Waals surface area contributed by atoms with Crippen LogP contribution in [0.15, 0.2) is 18.3 Å². The van der Waals surface area contributed by atoms with Crippen LogP contribution in [0.4, 0.5) is 5.82 Å².